The van der Waals surface area contributed by atoms with E-state index in [1.165, 1.54) is 6.33 Å². The molecule has 152 valence electrons. The van der Waals surface area contributed by atoms with Gasteiger partial charge in [0.2, 0.25) is 0 Å². The maximum absolute atomic E-state index is 12.5. The smallest absolute Gasteiger partial charge is 0.368 e. The molecule has 2 N–H and O–H groups in total. The van der Waals surface area contributed by atoms with E-state index in [9.17, 15) is 18.0 Å². The van der Waals surface area contributed by atoms with Crippen LogP contribution in [0.25, 0.3) is 5.82 Å². The molecule has 0 aliphatic carbocycles. The summed E-state index contributed by atoms with van der Waals surface area (Å²) in [7, 11) is 0. The predicted molar refractivity (Wildman–Crippen MR) is 98.7 cm³/mol. The summed E-state index contributed by atoms with van der Waals surface area (Å²) < 4.78 is 39.2. The molecule has 3 rings (SSSR count). The second kappa shape index (κ2) is 8.25. The van der Waals surface area contributed by atoms with Crippen molar-refractivity contribution >= 4 is 11.7 Å². The van der Waals surface area contributed by atoms with Gasteiger partial charge in [-0.3, -0.25) is 9.78 Å². The van der Waals surface area contributed by atoms with Gasteiger partial charge in [0.1, 0.15) is 17.8 Å². The third-order valence-electron chi connectivity index (χ3n) is 3.91. The van der Waals surface area contributed by atoms with Crippen molar-refractivity contribution in [2.75, 3.05) is 18.4 Å². The topological polar surface area (TPSA) is 97.6 Å². The molecule has 0 radical (unpaired) electrons. The number of hydrogen-bond donors (Lipinski definition) is 2. The average Bonchev–Trinajstić information content (AvgIpc) is 3.03. The van der Waals surface area contributed by atoms with E-state index in [0.29, 0.717) is 18.2 Å². The van der Waals surface area contributed by atoms with Gasteiger partial charge in [0.25, 0.3) is 5.91 Å². The largest absolute Gasteiger partial charge is 0.433 e. The molecule has 0 aliphatic rings. The van der Waals surface area contributed by atoms with Gasteiger partial charge in [0, 0.05) is 31.0 Å². The molecule has 0 saturated carbocycles. The molecule has 29 heavy (non-hydrogen) atoms. The Morgan fingerprint density at radius 3 is 2.52 bits per heavy atom. The average molecular weight is 405 g/mol. The molecule has 11 heteroatoms. The van der Waals surface area contributed by atoms with E-state index in [4.69, 9.17) is 0 Å². The van der Waals surface area contributed by atoms with Crippen LogP contribution >= 0.6 is 0 Å². The first-order valence-electron chi connectivity index (χ1n) is 8.65. The molecule has 0 unspecified atom stereocenters. The summed E-state index contributed by atoms with van der Waals surface area (Å²) in [6.07, 6.45) is -2.24. The lowest BCUT2D eigenvalue weighted by molar-refractivity contribution is -0.141. The van der Waals surface area contributed by atoms with E-state index < -0.39 is 17.8 Å². The molecule has 8 nitrogen and oxygen atoms in total. The number of amides is 1. The maximum Gasteiger partial charge on any atom is 0.433 e. The van der Waals surface area contributed by atoms with Crippen molar-refractivity contribution in [2.24, 2.45) is 0 Å². The highest BCUT2D eigenvalue weighted by Gasteiger charge is 2.32. The van der Waals surface area contributed by atoms with Crippen molar-refractivity contribution in [1.29, 1.82) is 0 Å². The maximum atomic E-state index is 12.5. The van der Waals surface area contributed by atoms with Crippen molar-refractivity contribution in [3.63, 3.8) is 0 Å². The van der Waals surface area contributed by atoms with E-state index in [-0.39, 0.29) is 12.1 Å². The number of carbonyl (C=O) groups excluding carboxylic acids is 1. The molecule has 0 aliphatic heterocycles. The molecular weight excluding hydrogens is 387 g/mol. The summed E-state index contributed by atoms with van der Waals surface area (Å²) in [5.74, 6) is 0.639. The zero-order valence-electron chi connectivity index (χ0n) is 15.7. The number of aromatic nitrogens is 5. The summed E-state index contributed by atoms with van der Waals surface area (Å²) in [6.45, 7) is 4.39. The second-order valence-corrected chi connectivity index (χ2v) is 6.21. The van der Waals surface area contributed by atoms with Crippen LogP contribution in [0, 0.1) is 13.8 Å². The van der Waals surface area contributed by atoms with Crippen LogP contribution in [0.5, 0.6) is 0 Å². The van der Waals surface area contributed by atoms with E-state index in [2.05, 4.69) is 30.7 Å². The van der Waals surface area contributed by atoms with E-state index in [1.807, 2.05) is 19.9 Å². The Kier molecular flexibility index (Phi) is 5.76. The predicted octanol–water partition coefficient (Wildman–Crippen LogP) is 2.53. The monoisotopic (exact) mass is 405 g/mol. The Balaban J connectivity index is 1.52. The first kappa shape index (κ1) is 20.2. The molecule has 3 heterocycles. The Bertz CT molecular complexity index is 999. The normalized spacial score (nSPS) is 11.3. The van der Waals surface area contributed by atoms with Crippen LogP contribution in [0.3, 0.4) is 0 Å². The van der Waals surface area contributed by atoms with Crippen molar-refractivity contribution in [3.8, 4) is 5.82 Å². The number of aryl methyl sites for hydroxylation is 2. The molecule has 0 bridgehead atoms. The van der Waals surface area contributed by atoms with Gasteiger partial charge < -0.3 is 10.6 Å². The summed E-state index contributed by atoms with van der Waals surface area (Å²) in [4.78, 5) is 23.6. The number of nitrogens with zero attached hydrogens (tertiary/aromatic N) is 5. The highest BCUT2D eigenvalue weighted by Crippen LogP contribution is 2.27. The lowest BCUT2D eigenvalue weighted by atomic mass is 10.2. The third kappa shape index (κ3) is 5.06. The summed E-state index contributed by atoms with van der Waals surface area (Å²) >= 11 is 0. The summed E-state index contributed by atoms with van der Waals surface area (Å²) in [6, 6.07) is 5.51. The highest BCUT2D eigenvalue weighted by atomic mass is 19.4. The molecule has 0 atom stereocenters. The molecule has 3 aromatic heterocycles. The zero-order chi connectivity index (χ0) is 21.0. The number of hydrogen-bond acceptors (Lipinski definition) is 6. The summed E-state index contributed by atoms with van der Waals surface area (Å²) in [5, 5.41) is 10.0. The van der Waals surface area contributed by atoms with Gasteiger partial charge in [-0.1, -0.05) is 0 Å². The van der Waals surface area contributed by atoms with Crippen molar-refractivity contribution in [1.82, 2.24) is 30.0 Å². The molecule has 0 aromatic carbocycles. The number of nitrogens with one attached hydrogen (secondary N) is 2. The molecule has 0 spiro atoms. The first-order chi connectivity index (χ1) is 13.7. The number of anilines is 1. The minimum atomic E-state index is -4.54. The first-order valence-corrected chi connectivity index (χ1v) is 8.65. The van der Waals surface area contributed by atoms with Crippen LogP contribution < -0.4 is 10.6 Å². The molecular formula is C18H18F3N7O. The van der Waals surface area contributed by atoms with Crippen molar-refractivity contribution in [3.05, 3.63) is 59.4 Å². The van der Waals surface area contributed by atoms with Crippen LogP contribution in [0.4, 0.5) is 19.0 Å². The highest BCUT2D eigenvalue weighted by molar-refractivity contribution is 5.93. The SMILES string of the molecule is Cc1cc(C)n(-c2cc(NCCNC(=O)c3ccc(C(F)(F)F)nc3)ncn2)n1. The Morgan fingerprint density at radius 1 is 1.10 bits per heavy atom. The summed E-state index contributed by atoms with van der Waals surface area (Å²) in [5.41, 5.74) is 0.811. The van der Waals surface area contributed by atoms with Gasteiger partial charge >= 0.3 is 6.18 Å². The molecule has 0 fully saturated rings. The van der Waals surface area contributed by atoms with Crippen LogP contribution in [0.1, 0.15) is 27.4 Å². The van der Waals surface area contributed by atoms with Gasteiger partial charge in [-0.2, -0.15) is 18.3 Å². The molecule has 0 saturated heterocycles. The Labute approximate surface area is 164 Å². The van der Waals surface area contributed by atoms with Crippen LogP contribution in [-0.2, 0) is 6.18 Å². The van der Waals surface area contributed by atoms with Crippen LogP contribution in [0.2, 0.25) is 0 Å². The molecule has 3 aromatic rings. The van der Waals surface area contributed by atoms with E-state index in [1.54, 1.807) is 10.7 Å². The second-order valence-electron chi connectivity index (χ2n) is 6.21. The number of alkyl halides is 3. The van der Waals surface area contributed by atoms with Crippen molar-refractivity contribution in [2.45, 2.75) is 20.0 Å². The third-order valence-corrected chi connectivity index (χ3v) is 3.91. The lowest BCUT2D eigenvalue weighted by Gasteiger charge is -2.09. The standard InChI is InChI=1S/C18H18F3N7O/c1-11-7-12(2)28(27-11)16-8-15(25-10-26-16)22-5-6-23-17(29)13-3-4-14(24-9-13)18(19,20)21/h3-4,7-10H,5-6H2,1-2H3,(H,23,29)(H,22,25,26). The fraction of sp³-hybridized carbons (Fsp3) is 0.278. The van der Waals surface area contributed by atoms with Gasteiger partial charge in [0.15, 0.2) is 5.82 Å². The van der Waals surface area contributed by atoms with Gasteiger partial charge in [-0.15, -0.1) is 0 Å². The number of carbonyl (C=O) groups is 1. The zero-order valence-corrected chi connectivity index (χ0v) is 15.7. The Morgan fingerprint density at radius 2 is 1.90 bits per heavy atom. The van der Waals surface area contributed by atoms with Crippen molar-refractivity contribution < 1.29 is 18.0 Å². The van der Waals surface area contributed by atoms with E-state index in [0.717, 1.165) is 29.7 Å². The van der Waals surface area contributed by atoms with Crippen LogP contribution in [-0.4, -0.2) is 43.7 Å². The molecule has 1 amide bonds. The number of pyridine rings is 1. The minimum absolute atomic E-state index is 0.0480. The fourth-order valence-electron chi connectivity index (χ4n) is 2.58. The Hall–Kier alpha value is -3.50. The van der Waals surface area contributed by atoms with E-state index >= 15 is 0 Å². The van der Waals surface area contributed by atoms with Crippen LogP contribution in [0.15, 0.2) is 36.8 Å². The lowest BCUT2D eigenvalue weighted by Crippen LogP contribution is -2.29. The fourth-order valence-corrected chi connectivity index (χ4v) is 2.58. The van der Waals surface area contributed by atoms with Gasteiger partial charge in [-0.25, -0.2) is 14.6 Å². The number of rotatable bonds is 6. The van der Waals surface area contributed by atoms with Gasteiger partial charge in [0.05, 0.1) is 11.3 Å². The number of halogens is 3. The quantitative estimate of drug-likeness (QED) is 0.612. The van der Waals surface area contributed by atoms with Gasteiger partial charge in [-0.05, 0) is 32.0 Å². The minimum Gasteiger partial charge on any atom is -0.368 e.